The average molecular weight is 1360 g/mol. The van der Waals surface area contributed by atoms with Gasteiger partial charge in [0.25, 0.3) is 0 Å². The first kappa shape index (κ1) is 78.0. The van der Waals surface area contributed by atoms with Crippen molar-refractivity contribution >= 4 is 59.6 Å². The van der Waals surface area contributed by atoms with Gasteiger partial charge < -0.3 is 85.3 Å². The molecule has 530 valence electrons. The second kappa shape index (κ2) is 46.9. The van der Waals surface area contributed by atoms with Gasteiger partial charge in [-0.2, -0.15) is 0 Å². The first-order valence-corrected chi connectivity index (χ1v) is 33.0. The molecule has 0 bridgehead atoms. The van der Waals surface area contributed by atoms with E-state index < -0.39 is 12.2 Å². The van der Waals surface area contributed by atoms with E-state index in [2.05, 4.69) is 0 Å². The molecule has 22 nitrogen and oxygen atoms in total. The summed E-state index contributed by atoms with van der Waals surface area (Å²) >= 11 is 0. The van der Waals surface area contributed by atoms with Crippen molar-refractivity contribution in [3.05, 3.63) is 176 Å². The zero-order valence-electron chi connectivity index (χ0n) is 56.8. The third kappa shape index (κ3) is 27.8. The minimum atomic E-state index is -0.666. The fourth-order valence-electron chi connectivity index (χ4n) is 9.75. The number of hydrogen-bond acceptors (Lipinski definition) is 22. The van der Waals surface area contributed by atoms with E-state index in [1.807, 2.05) is 85.0 Å². The lowest BCUT2D eigenvalue weighted by atomic mass is 10.0. The number of benzene rings is 5. The van der Waals surface area contributed by atoms with Gasteiger partial charge in [-0.3, -0.25) is 19.2 Å². The number of fused-ring (bicyclic) bond motifs is 2. The molecule has 2 aliphatic carbocycles. The van der Waals surface area contributed by atoms with Crippen LogP contribution in [-0.4, -0.2) is 249 Å². The fraction of sp³-hybridized carbons (Fsp3) is 0.447. The number of carbonyl (C=O) groups excluding carboxylic acids is 4. The van der Waals surface area contributed by atoms with Gasteiger partial charge in [0, 0.05) is 61.8 Å². The molecule has 0 N–H and O–H groups in total. The van der Waals surface area contributed by atoms with Gasteiger partial charge in [0.1, 0.15) is 23.7 Å². The van der Waals surface area contributed by atoms with Crippen LogP contribution < -0.4 is 9.47 Å². The molecule has 0 atom stereocenters. The highest BCUT2D eigenvalue weighted by molar-refractivity contribution is 6.42. The van der Waals surface area contributed by atoms with Crippen molar-refractivity contribution < 1.29 is 104 Å². The third-order valence-electron chi connectivity index (χ3n) is 14.9. The number of hydrogen-bond donors (Lipinski definition) is 0. The Balaban J connectivity index is 1.21. The molecule has 5 aromatic carbocycles. The lowest BCUT2D eigenvalue weighted by molar-refractivity contribution is -0.0415. The van der Waals surface area contributed by atoms with Crippen LogP contribution in [0.2, 0.25) is 0 Å². The number of methoxy groups -OCH3 is 4. The van der Waals surface area contributed by atoms with E-state index in [1.165, 1.54) is 0 Å². The molecule has 0 unspecified atom stereocenters. The molecule has 0 amide bonds. The first-order chi connectivity index (χ1) is 48.2. The number of rotatable bonds is 54. The Morgan fingerprint density at radius 3 is 0.745 bits per heavy atom. The molecule has 0 radical (unpaired) electrons. The Kier molecular flexibility index (Phi) is 37.3. The Bertz CT molecular complexity index is 2950. The van der Waals surface area contributed by atoms with Crippen molar-refractivity contribution in [1.29, 1.82) is 0 Å². The number of Topliss-reactive ketones (excluding diaryl/α,β-unsaturated/α-hetero) is 4. The van der Waals surface area contributed by atoms with E-state index in [0.717, 1.165) is 11.1 Å². The number of ketones is 4. The molecule has 5 aromatic rings. The minimum Gasteiger partial charge on any atom is -0.485 e. The number of ether oxygens (including phenoxy) is 18. The van der Waals surface area contributed by atoms with Gasteiger partial charge >= 0.3 is 0 Å². The van der Waals surface area contributed by atoms with Crippen LogP contribution in [0.3, 0.4) is 0 Å². The summed E-state index contributed by atoms with van der Waals surface area (Å²) in [6.07, 6.45) is 9.58. The van der Waals surface area contributed by atoms with Gasteiger partial charge in [-0.05, 0) is 46.5 Å². The van der Waals surface area contributed by atoms with Gasteiger partial charge in [0.15, 0.2) is 23.1 Å². The highest BCUT2D eigenvalue weighted by atomic mass is 16.6. The molecule has 0 spiro atoms. The molecule has 0 aromatic heterocycles. The lowest BCUT2D eigenvalue weighted by Crippen LogP contribution is -2.31. The average Bonchev–Trinajstić information content (AvgIpc) is 1.63. The topological polar surface area (TPSA) is 234 Å². The normalized spacial score (nSPS) is 13.0. The fourth-order valence-corrected chi connectivity index (χ4v) is 9.75. The smallest absolute Gasteiger partial charge is 0.197 e. The zero-order chi connectivity index (χ0) is 69.0. The van der Waals surface area contributed by atoms with Crippen LogP contribution in [0.4, 0.5) is 0 Å². The van der Waals surface area contributed by atoms with Crippen LogP contribution in [0.1, 0.15) is 74.8 Å². The van der Waals surface area contributed by atoms with Gasteiger partial charge in [0.05, 0.1) is 196 Å². The molecule has 7 rings (SSSR count). The van der Waals surface area contributed by atoms with Gasteiger partial charge in [0.2, 0.25) is 0 Å². The molecule has 0 saturated carbocycles. The van der Waals surface area contributed by atoms with Crippen LogP contribution in [0, 0.1) is 0 Å². The second-order valence-corrected chi connectivity index (χ2v) is 22.1. The predicted molar refractivity (Wildman–Crippen MR) is 370 cm³/mol. The molecule has 0 fully saturated rings. The van der Waals surface area contributed by atoms with Crippen LogP contribution in [0.25, 0.3) is 36.5 Å². The van der Waals surface area contributed by atoms with E-state index >= 15 is 0 Å². The summed E-state index contributed by atoms with van der Waals surface area (Å²) in [6.45, 7) is 9.61. The van der Waals surface area contributed by atoms with Crippen molar-refractivity contribution in [2.24, 2.45) is 0 Å². The summed E-state index contributed by atoms with van der Waals surface area (Å²) in [4.78, 5) is 53.3. The molecule has 0 saturated heterocycles. The Morgan fingerprint density at radius 2 is 0.500 bits per heavy atom. The van der Waals surface area contributed by atoms with E-state index in [0.29, 0.717) is 188 Å². The van der Waals surface area contributed by atoms with E-state index in [1.54, 1.807) is 89.1 Å². The maximum absolute atomic E-state index is 13.3. The molecule has 0 aliphatic heterocycles. The van der Waals surface area contributed by atoms with Crippen LogP contribution >= 0.6 is 0 Å². The molecule has 0 heterocycles. The van der Waals surface area contributed by atoms with Crippen LogP contribution in [0.5, 0.6) is 11.5 Å². The van der Waals surface area contributed by atoms with Gasteiger partial charge in [-0.1, -0.05) is 121 Å². The lowest BCUT2D eigenvalue weighted by Gasteiger charge is -2.24. The number of carbonyl (C=O) groups is 4. The van der Waals surface area contributed by atoms with Crippen molar-refractivity contribution in [1.82, 2.24) is 0 Å². The summed E-state index contributed by atoms with van der Waals surface area (Å²) in [7, 11) is 6.48. The van der Waals surface area contributed by atoms with Crippen molar-refractivity contribution in [3.63, 3.8) is 0 Å². The SMILES string of the molecule is COCCOCCOCCOCC(COCCOCCOCCOC)Oc1cc(/C=C/c2ccc(C=C3C(=O)c4ccccc4C3=O)cc2)c(OC(COCCOCCOCCOC)COCCOCCOCCOC)cc1/C=C/c1ccc(C=C2C(=O)c3ccccc3C2=O)cc1. The highest BCUT2D eigenvalue weighted by Crippen LogP contribution is 2.35. The van der Waals surface area contributed by atoms with Crippen molar-refractivity contribution in [2.75, 3.05) is 213 Å². The third-order valence-corrected chi connectivity index (χ3v) is 14.9. The zero-order valence-corrected chi connectivity index (χ0v) is 56.8. The maximum atomic E-state index is 13.3. The Hall–Kier alpha value is -7.30. The summed E-state index contributed by atoms with van der Waals surface area (Å²) in [5, 5.41) is 0. The maximum Gasteiger partial charge on any atom is 0.197 e. The molecule has 98 heavy (non-hydrogen) atoms. The van der Waals surface area contributed by atoms with Crippen LogP contribution in [0.15, 0.2) is 120 Å². The van der Waals surface area contributed by atoms with E-state index in [9.17, 15) is 19.2 Å². The summed E-state index contributed by atoms with van der Waals surface area (Å²) in [5.74, 6) is -0.337. The largest absolute Gasteiger partial charge is 0.485 e. The molecule has 2 aliphatic rings. The number of allylic oxidation sites excluding steroid dienone is 2. The molecule has 22 heteroatoms. The minimum absolute atomic E-state index is 0.109. The predicted octanol–water partition coefficient (Wildman–Crippen LogP) is 9.23. The summed E-state index contributed by atoms with van der Waals surface area (Å²) in [5.41, 5.74) is 5.95. The first-order valence-electron chi connectivity index (χ1n) is 33.0. The standard InChI is InChI=1S/C76H94O22/c1-81-25-29-85-33-37-89-41-45-93-53-63(54-94-46-42-90-38-34-86-30-26-82-2)97-71-51-62(24-22-58-15-19-60(20-16-58)50-70-75(79)67-11-7-8-12-68(67)76(70)80)72(52-61(71)23-21-57-13-17-59(18-14-57)49-69-73(77)65-9-5-6-10-66(65)74(69)78)98-64(55-95-47-43-91-39-35-87-31-27-83-3)56-96-48-44-92-40-36-88-32-28-84-4/h5-24,49-52,63-64H,25-48,53-56H2,1-4H3/b23-21+,24-22+. The monoisotopic (exact) mass is 1360 g/mol. The Morgan fingerprint density at radius 1 is 0.276 bits per heavy atom. The van der Waals surface area contributed by atoms with Gasteiger partial charge in [-0.25, -0.2) is 0 Å². The quantitative estimate of drug-likeness (QED) is 0.0153. The Labute approximate surface area is 574 Å². The second-order valence-electron chi connectivity index (χ2n) is 22.1. The van der Waals surface area contributed by atoms with Crippen molar-refractivity contribution in [3.8, 4) is 11.5 Å². The molecular weight excluding hydrogens is 1260 g/mol. The van der Waals surface area contributed by atoms with E-state index in [-0.39, 0.29) is 87.1 Å². The summed E-state index contributed by atoms with van der Waals surface area (Å²) < 4.78 is 105. The van der Waals surface area contributed by atoms with Crippen molar-refractivity contribution in [2.45, 2.75) is 12.2 Å². The summed E-state index contributed by atoms with van der Waals surface area (Å²) in [6, 6.07) is 32.4. The molecular formula is C76H94O22. The van der Waals surface area contributed by atoms with Crippen LogP contribution in [-0.2, 0) is 75.8 Å². The highest BCUT2D eigenvalue weighted by Gasteiger charge is 2.34. The van der Waals surface area contributed by atoms with E-state index in [4.69, 9.17) is 85.3 Å². The van der Waals surface area contributed by atoms with Gasteiger partial charge in [-0.15, -0.1) is 0 Å².